The molecule has 1 aliphatic heterocycles. The Morgan fingerprint density at radius 1 is 0.868 bits per heavy atom. The number of hydrogen-bond donors (Lipinski definition) is 1. The third-order valence-electron chi connectivity index (χ3n) is 8.26. The van der Waals surface area contributed by atoms with Crippen LogP contribution in [-0.4, -0.2) is 17.7 Å². The van der Waals surface area contributed by atoms with E-state index >= 15 is 0 Å². The van der Waals surface area contributed by atoms with Crippen molar-refractivity contribution in [3.8, 4) is 11.5 Å². The molecule has 0 radical (unpaired) electrons. The first-order valence-electron chi connectivity index (χ1n) is 12.6. The van der Waals surface area contributed by atoms with Crippen LogP contribution in [0.15, 0.2) is 78.9 Å². The zero-order chi connectivity index (χ0) is 26.1. The van der Waals surface area contributed by atoms with E-state index in [9.17, 15) is 14.4 Å². The van der Waals surface area contributed by atoms with Gasteiger partial charge >= 0.3 is 0 Å². The summed E-state index contributed by atoms with van der Waals surface area (Å²) in [5.74, 6) is 1.23. The molecule has 1 saturated heterocycles. The van der Waals surface area contributed by atoms with Crippen LogP contribution in [0.25, 0.3) is 0 Å². The van der Waals surface area contributed by atoms with Gasteiger partial charge in [0, 0.05) is 16.3 Å². The lowest BCUT2D eigenvalue weighted by molar-refractivity contribution is -0.124. The highest BCUT2D eigenvalue weighted by atomic mass is 35.5. The maximum Gasteiger partial charge on any atom is 0.255 e. The summed E-state index contributed by atoms with van der Waals surface area (Å²) in [6.45, 7) is 0. The summed E-state index contributed by atoms with van der Waals surface area (Å²) >= 11 is 12.1. The smallest absolute Gasteiger partial charge is 0.255 e. The van der Waals surface area contributed by atoms with E-state index in [4.69, 9.17) is 27.9 Å². The number of nitrogens with one attached hydrogen (secondary N) is 1. The summed E-state index contributed by atoms with van der Waals surface area (Å²) in [7, 11) is 0. The fraction of sp³-hybridized carbons (Fsp3) is 0.233. The zero-order valence-corrected chi connectivity index (χ0v) is 21.5. The SMILES string of the molecule is O=C(Nc1ccc(Oc2ccc(Cl)cc2Cl)cc1)c1cccc(N2C(=O)[C@@H]3[C@H]4C=C[C@@H]([C@@H]5C[C@H]45)[C@@H]3C2=O)c1. The molecular weight excluding hydrogens is 523 g/mol. The molecule has 1 N–H and O–H groups in total. The molecule has 1 heterocycles. The van der Waals surface area contributed by atoms with Crippen molar-refractivity contribution >= 4 is 52.3 Å². The third-order valence-corrected chi connectivity index (χ3v) is 8.79. The molecule has 8 rings (SSSR count). The summed E-state index contributed by atoms with van der Waals surface area (Å²) in [6.07, 6.45) is 5.42. The fourth-order valence-electron chi connectivity index (χ4n) is 6.49. The van der Waals surface area contributed by atoms with Crippen LogP contribution < -0.4 is 15.0 Å². The molecular formula is C30H22Cl2N2O4. The molecule has 2 bridgehead atoms. The second kappa shape index (κ2) is 8.72. The van der Waals surface area contributed by atoms with Gasteiger partial charge in [0.1, 0.15) is 11.5 Å². The minimum absolute atomic E-state index is 0.140. The lowest BCUT2D eigenvalue weighted by atomic mass is 9.63. The first-order valence-corrected chi connectivity index (χ1v) is 13.3. The van der Waals surface area contributed by atoms with Gasteiger partial charge in [-0.3, -0.25) is 14.4 Å². The van der Waals surface area contributed by atoms with Crippen molar-refractivity contribution in [1.29, 1.82) is 0 Å². The van der Waals surface area contributed by atoms with Gasteiger partial charge in [0.05, 0.1) is 22.5 Å². The van der Waals surface area contributed by atoms with Gasteiger partial charge in [-0.25, -0.2) is 4.90 Å². The molecule has 3 aromatic rings. The number of amides is 3. The number of halogens is 2. The Balaban J connectivity index is 1.06. The number of allylic oxidation sites excluding steroid dienone is 2. The highest BCUT2D eigenvalue weighted by Gasteiger charge is 2.67. The maximum absolute atomic E-state index is 13.4. The van der Waals surface area contributed by atoms with Crippen LogP contribution in [0.3, 0.4) is 0 Å². The van der Waals surface area contributed by atoms with Crippen LogP contribution in [-0.2, 0) is 9.59 Å². The Hall–Kier alpha value is -3.61. The summed E-state index contributed by atoms with van der Waals surface area (Å²) < 4.78 is 5.79. The van der Waals surface area contributed by atoms with Gasteiger partial charge in [0.25, 0.3) is 5.91 Å². The number of nitrogens with zero attached hydrogens (tertiary/aromatic N) is 1. The molecule has 5 aliphatic rings. The minimum atomic E-state index is -0.347. The lowest BCUT2D eigenvalue weighted by Gasteiger charge is -2.37. The quantitative estimate of drug-likeness (QED) is 0.290. The van der Waals surface area contributed by atoms with E-state index in [1.807, 2.05) is 0 Å². The molecule has 3 amide bonds. The first-order chi connectivity index (χ1) is 18.4. The zero-order valence-electron chi connectivity index (χ0n) is 20.0. The van der Waals surface area contributed by atoms with E-state index in [0.29, 0.717) is 50.3 Å². The number of carbonyl (C=O) groups is 3. The molecule has 190 valence electrons. The maximum atomic E-state index is 13.4. The number of anilines is 2. The molecule has 6 nitrogen and oxygen atoms in total. The monoisotopic (exact) mass is 544 g/mol. The normalized spacial score (nSPS) is 28.2. The van der Waals surface area contributed by atoms with Crippen LogP contribution in [0.2, 0.25) is 10.0 Å². The molecule has 2 saturated carbocycles. The fourth-order valence-corrected chi connectivity index (χ4v) is 6.94. The average molecular weight is 545 g/mol. The van der Waals surface area contributed by atoms with Crippen molar-refractivity contribution in [3.63, 3.8) is 0 Å². The topological polar surface area (TPSA) is 75.7 Å². The molecule has 3 fully saturated rings. The Bertz CT molecular complexity index is 1500. The Kier molecular flexibility index (Phi) is 5.39. The van der Waals surface area contributed by atoms with Crippen molar-refractivity contribution in [2.75, 3.05) is 10.2 Å². The number of hydrogen-bond acceptors (Lipinski definition) is 4. The molecule has 8 heteroatoms. The number of benzene rings is 3. The Morgan fingerprint density at radius 2 is 1.55 bits per heavy atom. The largest absolute Gasteiger partial charge is 0.456 e. The molecule has 0 unspecified atom stereocenters. The molecule has 3 aromatic carbocycles. The molecule has 6 atom stereocenters. The van der Waals surface area contributed by atoms with E-state index in [2.05, 4.69) is 17.5 Å². The van der Waals surface area contributed by atoms with Gasteiger partial charge in [0.2, 0.25) is 11.8 Å². The highest BCUT2D eigenvalue weighted by molar-refractivity contribution is 6.35. The van der Waals surface area contributed by atoms with Crippen LogP contribution in [0.5, 0.6) is 11.5 Å². The Morgan fingerprint density at radius 3 is 2.21 bits per heavy atom. The van der Waals surface area contributed by atoms with Crippen LogP contribution in [0, 0.1) is 35.5 Å². The van der Waals surface area contributed by atoms with E-state index < -0.39 is 0 Å². The van der Waals surface area contributed by atoms with Gasteiger partial charge in [-0.05, 0) is 90.8 Å². The average Bonchev–Trinajstić information content (AvgIpc) is 3.69. The highest BCUT2D eigenvalue weighted by Crippen LogP contribution is 2.65. The predicted octanol–water partition coefficient (Wildman–Crippen LogP) is 6.60. The van der Waals surface area contributed by atoms with E-state index in [1.165, 1.54) is 4.90 Å². The van der Waals surface area contributed by atoms with Gasteiger partial charge in [-0.2, -0.15) is 0 Å². The van der Waals surface area contributed by atoms with E-state index in [0.717, 1.165) is 6.42 Å². The number of imide groups is 1. The van der Waals surface area contributed by atoms with Crippen molar-refractivity contribution < 1.29 is 19.1 Å². The molecule has 0 spiro atoms. The van der Waals surface area contributed by atoms with Gasteiger partial charge in [-0.1, -0.05) is 41.4 Å². The van der Waals surface area contributed by atoms with Crippen molar-refractivity contribution in [3.05, 3.63) is 94.5 Å². The number of ether oxygens (including phenoxy) is 1. The summed E-state index contributed by atoms with van der Waals surface area (Å²) in [6, 6.07) is 18.5. The number of carbonyl (C=O) groups excluding carboxylic acids is 3. The van der Waals surface area contributed by atoms with Crippen molar-refractivity contribution in [1.82, 2.24) is 0 Å². The minimum Gasteiger partial charge on any atom is -0.456 e. The van der Waals surface area contributed by atoms with Gasteiger partial charge in [0.15, 0.2) is 0 Å². The van der Waals surface area contributed by atoms with Crippen molar-refractivity contribution in [2.45, 2.75) is 6.42 Å². The molecule has 38 heavy (non-hydrogen) atoms. The molecule has 4 aliphatic carbocycles. The van der Waals surface area contributed by atoms with Gasteiger partial charge in [-0.15, -0.1) is 0 Å². The Labute approximate surface area is 229 Å². The standard InChI is InChI=1S/C30H22Cl2N2O4/c31-16-4-11-25(24(32)13-16)38-19-7-5-17(6-8-19)33-28(35)15-2-1-3-18(12-15)34-29(36)26-20-9-10-21(23-14-22(20)23)27(26)30(34)37/h1-13,20-23,26-27H,14H2,(H,33,35)/t20-,21-,22-,23+,26-,27+/m0/s1. The van der Waals surface area contributed by atoms with Crippen LogP contribution in [0.1, 0.15) is 16.8 Å². The summed E-state index contributed by atoms with van der Waals surface area (Å²) in [5, 5.41) is 3.77. The van der Waals surface area contributed by atoms with Gasteiger partial charge < -0.3 is 10.1 Å². The van der Waals surface area contributed by atoms with E-state index in [1.54, 1.807) is 66.7 Å². The van der Waals surface area contributed by atoms with Crippen LogP contribution in [0.4, 0.5) is 11.4 Å². The van der Waals surface area contributed by atoms with Crippen LogP contribution >= 0.6 is 23.2 Å². The summed E-state index contributed by atoms with van der Waals surface area (Å²) in [4.78, 5) is 41.2. The second-order valence-corrected chi connectivity index (χ2v) is 11.2. The second-order valence-electron chi connectivity index (χ2n) is 10.4. The predicted molar refractivity (Wildman–Crippen MR) is 145 cm³/mol. The summed E-state index contributed by atoms with van der Waals surface area (Å²) in [5.41, 5.74) is 1.37. The van der Waals surface area contributed by atoms with E-state index in [-0.39, 0.29) is 41.4 Å². The first kappa shape index (κ1) is 23.5. The molecule has 0 aromatic heterocycles. The lowest BCUT2D eigenvalue weighted by Crippen LogP contribution is -2.40. The third kappa shape index (κ3) is 3.74. The number of rotatable bonds is 5. The van der Waals surface area contributed by atoms with Crippen molar-refractivity contribution in [2.24, 2.45) is 35.5 Å².